The van der Waals surface area contributed by atoms with E-state index in [1.54, 1.807) is 49.4 Å². The SMILES string of the molecule is COc1cc(C)cc2oc(=O)cc(CP(=O)(O)O)c12.CP(=O)(O)Cc1cccc2ccc[n+]([O-])c12.Cc1cc(Br)c2c(CP(=O)(O)O)cc(=O)oc2c1.Cc1cc(C)c2c(c1)CC(=O)C=C2CP(C)(=O)O.O=c1cc(CP(=O)(O)O)c2c(F)cc(F)cc2o1. The molecule has 23 nitrogen and oxygen atoms in total. The molecule has 0 amide bonds. The van der Waals surface area contributed by atoms with Gasteiger partial charge in [0.05, 0.1) is 48.7 Å². The van der Waals surface area contributed by atoms with Gasteiger partial charge in [0.2, 0.25) is 20.3 Å². The Morgan fingerprint density at radius 2 is 1.04 bits per heavy atom. The fraction of sp³-hybridized carbons (Fsp3) is 0.224. The molecule has 0 bridgehead atoms. The third-order valence-electron chi connectivity index (χ3n) is 12.6. The van der Waals surface area contributed by atoms with E-state index in [0.717, 1.165) is 67.8 Å². The van der Waals surface area contributed by atoms with E-state index in [2.05, 4.69) is 20.3 Å². The minimum atomic E-state index is -4.48. The number of ketones is 1. The molecule has 0 fully saturated rings. The summed E-state index contributed by atoms with van der Waals surface area (Å²) < 4.78 is 104. The van der Waals surface area contributed by atoms with Crippen molar-refractivity contribution in [3.8, 4) is 5.75 Å². The Kier molecular flexibility index (Phi) is 23.0. The number of ether oxygens (including phenoxy) is 1. The highest BCUT2D eigenvalue weighted by molar-refractivity contribution is 9.10. The van der Waals surface area contributed by atoms with Crippen LogP contribution >= 0.6 is 53.5 Å². The van der Waals surface area contributed by atoms with Crippen LogP contribution in [0.1, 0.15) is 55.6 Å². The van der Waals surface area contributed by atoms with Gasteiger partial charge < -0.3 is 62.3 Å². The minimum absolute atomic E-state index is 0.0101. The summed E-state index contributed by atoms with van der Waals surface area (Å²) in [7, 11) is -17.9. The summed E-state index contributed by atoms with van der Waals surface area (Å²) in [6.45, 7) is 10.2. The smallest absolute Gasteiger partial charge is 0.336 e. The standard InChI is InChI=1S/C14H17O3P.C12H13O6P.C11H10BrO5P.C11H12NO3P.C10H7F2O5P/c1-9-4-10(2)14-11(5-9)6-13(15)7-12(14)8-18(3,16)17;1-7-3-9(17-2)12-8(6-19(14,15)16)5-11(13)18-10(12)4-7;1-6-2-8(12)11-7(5-18(14,15)16)4-10(13)17-9(11)3-6;1-16(14,15)8-10-5-2-4-9-6-3-7-12(13)11(9)10;11-6-2-7(12)10-5(4-18(14,15)16)1-9(13)17-8(10)3-6/h4-5,7H,6,8H2,1-3H3,(H,16,17);3-5H,6H2,1-2H3,(H2,14,15,16);2-4H,5H2,1H3,(H2,14,15,16);2-7H,8H2,1H3,(H,14,15);1-3H,4H2,(H2,14,15,16). The van der Waals surface area contributed by atoms with E-state index in [-0.39, 0.29) is 51.3 Å². The second-order valence-electron chi connectivity index (χ2n) is 21.0. The van der Waals surface area contributed by atoms with Gasteiger partial charge in [-0.2, -0.15) is 4.73 Å². The number of pyridine rings is 1. The Hall–Kier alpha value is -6.68. The Bertz CT molecular complexity index is 4580. The van der Waals surface area contributed by atoms with Crippen LogP contribution in [0.5, 0.6) is 5.75 Å². The first-order valence-electron chi connectivity index (χ1n) is 26.0. The summed E-state index contributed by atoms with van der Waals surface area (Å²) in [6.07, 6.45) is 1.55. The Labute approximate surface area is 513 Å². The molecule has 8 N–H and O–H groups in total. The average Bonchev–Trinajstić information content (AvgIpc) is 1.77. The second-order valence-corrected chi connectivity index (χ2v) is 31.6. The largest absolute Gasteiger partial charge is 0.618 e. The molecule has 10 rings (SSSR count). The molecular weight excluding hydrogens is 1340 g/mol. The maximum Gasteiger partial charge on any atom is 0.336 e. The lowest BCUT2D eigenvalue weighted by atomic mass is 9.86. The van der Waals surface area contributed by atoms with Crippen LogP contribution in [-0.2, 0) is 58.7 Å². The topological polar surface area (TPSA) is 391 Å². The van der Waals surface area contributed by atoms with Crippen LogP contribution in [0.25, 0.3) is 49.4 Å². The number of benzene rings is 5. The van der Waals surface area contributed by atoms with Crippen molar-refractivity contribution in [1.82, 2.24) is 0 Å². The highest BCUT2D eigenvalue weighted by Gasteiger charge is 2.26. The Morgan fingerprint density at radius 1 is 0.573 bits per heavy atom. The van der Waals surface area contributed by atoms with Crippen LogP contribution in [0, 0.1) is 44.5 Å². The summed E-state index contributed by atoms with van der Waals surface area (Å²) in [4.78, 5) is 118. The summed E-state index contributed by atoms with van der Waals surface area (Å²) in [6, 6.07) is 23.9. The lowest BCUT2D eigenvalue weighted by Gasteiger charge is -2.21. The predicted octanol–water partition coefficient (Wildman–Crippen LogP) is 10.7. The van der Waals surface area contributed by atoms with Crippen LogP contribution in [0.3, 0.4) is 0 Å². The van der Waals surface area contributed by atoms with Crippen molar-refractivity contribution in [2.75, 3.05) is 26.6 Å². The van der Waals surface area contributed by atoms with Crippen LogP contribution < -0.4 is 26.3 Å². The van der Waals surface area contributed by atoms with E-state index in [4.69, 9.17) is 42.9 Å². The van der Waals surface area contributed by atoms with E-state index in [1.165, 1.54) is 32.7 Å². The molecule has 89 heavy (non-hydrogen) atoms. The van der Waals surface area contributed by atoms with Crippen molar-refractivity contribution in [2.24, 2.45) is 0 Å². The number of para-hydroxylation sites is 1. The number of halogens is 3. The molecule has 1 aliphatic carbocycles. The van der Waals surface area contributed by atoms with E-state index in [0.29, 0.717) is 55.7 Å². The Balaban J connectivity index is 0.000000177. The first kappa shape index (κ1) is 71.4. The molecule has 5 aromatic carbocycles. The van der Waals surface area contributed by atoms with Gasteiger partial charge in [-0.1, -0.05) is 45.8 Å². The van der Waals surface area contributed by atoms with Crippen molar-refractivity contribution in [3.05, 3.63) is 218 Å². The van der Waals surface area contributed by atoms with E-state index >= 15 is 0 Å². The number of hydrogen-bond donors (Lipinski definition) is 8. The zero-order valence-electron chi connectivity index (χ0n) is 48.2. The maximum absolute atomic E-state index is 13.6. The van der Waals surface area contributed by atoms with Crippen LogP contribution in [0.15, 0.2) is 141 Å². The molecular formula is C58H59BrF2NO22P5. The quantitative estimate of drug-likeness (QED) is 0.0258. The monoisotopic (exact) mass is 1390 g/mol. The molecule has 1 aliphatic rings. The Morgan fingerprint density at radius 3 is 1.56 bits per heavy atom. The predicted molar refractivity (Wildman–Crippen MR) is 334 cm³/mol. The maximum atomic E-state index is 13.6. The number of fused-ring (bicyclic) bond motifs is 5. The van der Waals surface area contributed by atoms with Gasteiger partial charge in [-0.15, -0.1) is 0 Å². The number of nitrogens with zero attached hydrogens (tertiary/aromatic N) is 1. The molecule has 474 valence electrons. The molecule has 0 radical (unpaired) electrons. The molecule has 4 aromatic heterocycles. The zero-order valence-corrected chi connectivity index (χ0v) is 54.3. The third-order valence-corrected chi connectivity index (χ3v) is 17.4. The first-order chi connectivity index (χ1) is 41.0. The average molecular weight is 1390 g/mol. The van der Waals surface area contributed by atoms with Crippen LogP contribution in [0.4, 0.5) is 8.78 Å². The van der Waals surface area contributed by atoms with Gasteiger partial charge in [0.25, 0.3) is 0 Å². The minimum Gasteiger partial charge on any atom is -0.618 e. The first-order valence-corrected chi connectivity index (χ1v) is 36.7. The molecule has 0 saturated carbocycles. The lowest BCUT2D eigenvalue weighted by molar-refractivity contribution is -0.577. The van der Waals surface area contributed by atoms with E-state index in [1.807, 2.05) is 45.0 Å². The molecule has 0 aliphatic heterocycles. The number of aryl methyl sites for hydroxylation is 4. The lowest BCUT2D eigenvalue weighted by Crippen LogP contribution is -2.27. The van der Waals surface area contributed by atoms with Gasteiger partial charge >= 0.3 is 39.7 Å². The van der Waals surface area contributed by atoms with Gasteiger partial charge in [-0.3, -0.25) is 27.6 Å². The molecule has 31 heteroatoms. The third kappa shape index (κ3) is 20.9. The van der Waals surface area contributed by atoms with E-state index < -0.39 is 84.5 Å². The number of hydrogen-bond acceptors (Lipinski definition) is 14. The van der Waals surface area contributed by atoms with Crippen LogP contribution in [-0.4, -0.2) is 71.5 Å². The van der Waals surface area contributed by atoms with Crippen molar-refractivity contribution in [3.63, 3.8) is 0 Å². The molecule has 0 spiro atoms. The molecule has 2 atom stereocenters. The molecule has 0 saturated heterocycles. The summed E-state index contributed by atoms with van der Waals surface area (Å²) >= 11 is 3.32. The van der Waals surface area contributed by atoms with Gasteiger partial charge in [0.15, 0.2) is 12.0 Å². The molecule has 9 aromatic rings. The number of carbonyl (C=O) groups is 1. The normalized spacial score (nSPS) is 13.7. The molecule has 2 unspecified atom stereocenters. The molecule has 4 heterocycles. The number of rotatable bonds is 11. The van der Waals surface area contributed by atoms with E-state index in [9.17, 15) is 65.8 Å². The number of methoxy groups -OCH3 is 1. The highest BCUT2D eigenvalue weighted by Crippen LogP contribution is 2.46. The van der Waals surface area contributed by atoms with Gasteiger partial charge in [-0.25, -0.2) is 23.2 Å². The van der Waals surface area contributed by atoms with Crippen molar-refractivity contribution >= 4 is 109 Å². The van der Waals surface area contributed by atoms with Crippen molar-refractivity contribution in [1.29, 1.82) is 0 Å². The number of carbonyl (C=O) groups excluding carboxylic acids is 1. The van der Waals surface area contributed by atoms with Gasteiger partial charge in [0.1, 0.15) is 34.1 Å². The fourth-order valence-corrected chi connectivity index (χ4v) is 14.4. The highest BCUT2D eigenvalue weighted by atomic mass is 79.9. The van der Waals surface area contributed by atoms with Crippen molar-refractivity contribution < 1.29 is 98.3 Å². The van der Waals surface area contributed by atoms with Crippen LogP contribution in [0.2, 0.25) is 0 Å². The summed E-state index contributed by atoms with van der Waals surface area (Å²) in [5.74, 6) is -1.56. The second kappa shape index (κ2) is 28.6. The summed E-state index contributed by atoms with van der Waals surface area (Å²) in [5.41, 5.74) is 5.89. The van der Waals surface area contributed by atoms with Gasteiger partial charge in [0, 0.05) is 77.0 Å². The van der Waals surface area contributed by atoms with Crippen molar-refractivity contribution in [2.45, 2.75) is 58.8 Å². The summed E-state index contributed by atoms with van der Waals surface area (Å²) in [5, 5.41) is 13.0. The fourth-order valence-electron chi connectivity index (χ4n) is 9.78. The zero-order chi connectivity index (χ0) is 66.5. The number of allylic oxidation sites excluding steroid dienone is 2. The number of aromatic nitrogens is 1. The van der Waals surface area contributed by atoms with Gasteiger partial charge in [-0.05, 0) is 120 Å².